The van der Waals surface area contributed by atoms with E-state index in [9.17, 15) is 10.2 Å². The summed E-state index contributed by atoms with van der Waals surface area (Å²) in [5.74, 6) is 0. The van der Waals surface area contributed by atoms with Crippen molar-refractivity contribution in [1.29, 1.82) is 0 Å². The first-order valence-electron chi connectivity index (χ1n) is 5.09. The molecule has 0 bridgehead atoms. The molecule has 1 fully saturated rings. The van der Waals surface area contributed by atoms with Crippen LogP contribution in [0.3, 0.4) is 0 Å². The molecule has 1 aliphatic rings. The SMILES string of the molecule is Cc1ccsc1[C@]1(O)CCCC[C@H]1O. The number of hydrogen-bond donors (Lipinski definition) is 2. The van der Waals surface area contributed by atoms with Gasteiger partial charge in [0.05, 0.1) is 6.10 Å². The summed E-state index contributed by atoms with van der Waals surface area (Å²) < 4.78 is 0. The van der Waals surface area contributed by atoms with Crippen LogP contribution in [0.25, 0.3) is 0 Å². The maximum atomic E-state index is 10.4. The highest BCUT2D eigenvalue weighted by Gasteiger charge is 2.41. The zero-order valence-electron chi connectivity index (χ0n) is 8.36. The first-order chi connectivity index (χ1) is 6.64. The molecule has 0 amide bonds. The molecular weight excluding hydrogens is 196 g/mol. The maximum absolute atomic E-state index is 10.4. The quantitative estimate of drug-likeness (QED) is 0.749. The lowest BCUT2D eigenvalue weighted by Gasteiger charge is -2.36. The van der Waals surface area contributed by atoms with Crippen molar-refractivity contribution in [3.8, 4) is 0 Å². The predicted molar refractivity (Wildman–Crippen MR) is 57.4 cm³/mol. The minimum absolute atomic E-state index is 0.589. The highest BCUT2D eigenvalue weighted by Crippen LogP contribution is 2.40. The van der Waals surface area contributed by atoms with Gasteiger partial charge in [-0.25, -0.2) is 0 Å². The molecule has 3 heteroatoms. The summed E-state index contributed by atoms with van der Waals surface area (Å²) in [7, 11) is 0. The van der Waals surface area contributed by atoms with Crippen molar-refractivity contribution < 1.29 is 10.2 Å². The van der Waals surface area contributed by atoms with Crippen LogP contribution in [0.5, 0.6) is 0 Å². The van der Waals surface area contributed by atoms with Crippen molar-refractivity contribution in [2.45, 2.75) is 44.3 Å². The molecule has 2 rings (SSSR count). The second kappa shape index (κ2) is 3.65. The summed E-state index contributed by atoms with van der Waals surface area (Å²) in [6.07, 6.45) is 2.84. The number of hydrogen-bond acceptors (Lipinski definition) is 3. The molecule has 2 nitrogen and oxygen atoms in total. The lowest BCUT2D eigenvalue weighted by molar-refractivity contribution is -0.103. The van der Waals surface area contributed by atoms with Crippen molar-refractivity contribution >= 4 is 11.3 Å². The lowest BCUT2D eigenvalue weighted by atomic mass is 9.80. The third kappa shape index (κ3) is 1.49. The van der Waals surface area contributed by atoms with Gasteiger partial charge in [0.25, 0.3) is 0 Å². The molecule has 1 heterocycles. The zero-order valence-corrected chi connectivity index (χ0v) is 9.18. The molecule has 0 aromatic carbocycles. The van der Waals surface area contributed by atoms with E-state index in [1.807, 2.05) is 18.4 Å². The molecule has 14 heavy (non-hydrogen) atoms. The van der Waals surface area contributed by atoms with Crippen LogP contribution < -0.4 is 0 Å². The van der Waals surface area contributed by atoms with Crippen molar-refractivity contribution in [3.05, 3.63) is 21.9 Å². The largest absolute Gasteiger partial charge is 0.390 e. The van der Waals surface area contributed by atoms with Gasteiger partial charge >= 0.3 is 0 Å². The molecule has 0 spiro atoms. The maximum Gasteiger partial charge on any atom is 0.125 e. The molecule has 78 valence electrons. The second-order valence-electron chi connectivity index (χ2n) is 4.12. The molecule has 0 unspecified atom stereocenters. The van der Waals surface area contributed by atoms with E-state index < -0.39 is 11.7 Å². The van der Waals surface area contributed by atoms with Gasteiger partial charge in [0.2, 0.25) is 0 Å². The van der Waals surface area contributed by atoms with Crippen LogP contribution in [0, 0.1) is 6.92 Å². The normalized spacial score (nSPS) is 33.2. The third-order valence-corrected chi connectivity index (χ3v) is 4.28. The average molecular weight is 212 g/mol. The Morgan fingerprint density at radius 2 is 2.29 bits per heavy atom. The predicted octanol–water partition coefficient (Wildman–Crippen LogP) is 2.18. The zero-order chi connectivity index (χ0) is 10.2. The highest BCUT2D eigenvalue weighted by molar-refractivity contribution is 7.10. The summed E-state index contributed by atoms with van der Waals surface area (Å²) in [5, 5.41) is 22.3. The number of aliphatic hydroxyl groups is 2. The molecule has 0 saturated heterocycles. The van der Waals surface area contributed by atoms with Crippen molar-refractivity contribution in [1.82, 2.24) is 0 Å². The van der Waals surface area contributed by atoms with Crippen LogP contribution in [-0.4, -0.2) is 16.3 Å². The Labute approximate surface area is 88.2 Å². The fourth-order valence-corrected chi connectivity index (χ4v) is 3.32. The van der Waals surface area contributed by atoms with E-state index in [2.05, 4.69) is 0 Å². The average Bonchev–Trinajstić information content (AvgIpc) is 2.57. The molecule has 1 aromatic rings. The van der Waals surface area contributed by atoms with Gasteiger partial charge in [0.15, 0.2) is 0 Å². The fraction of sp³-hybridized carbons (Fsp3) is 0.636. The Hall–Kier alpha value is -0.380. The minimum Gasteiger partial charge on any atom is -0.390 e. The Morgan fingerprint density at radius 1 is 1.50 bits per heavy atom. The van der Waals surface area contributed by atoms with Gasteiger partial charge in [-0.05, 0) is 36.8 Å². The van der Waals surface area contributed by atoms with E-state index in [-0.39, 0.29) is 0 Å². The monoisotopic (exact) mass is 212 g/mol. The van der Waals surface area contributed by atoms with Crippen LogP contribution in [0.1, 0.15) is 36.1 Å². The molecule has 0 radical (unpaired) electrons. The fourth-order valence-electron chi connectivity index (χ4n) is 2.22. The van der Waals surface area contributed by atoms with E-state index >= 15 is 0 Å². The first-order valence-corrected chi connectivity index (χ1v) is 5.97. The molecule has 2 N–H and O–H groups in total. The smallest absolute Gasteiger partial charge is 0.125 e. The van der Waals surface area contributed by atoms with Crippen molar-refractivity contribution in [3.63, 3.8) is 0 Å². The molecule has 1 aliphatic carbocycles. The van der Waals surface area contributed by atoms with Gasteiger partial charge in [0.1, 0.15) is 5.60 Å². The molecule has 1 saturated carbocycles. The Balaban J connectivity index is 2.34. The third-order valence-electron chi connectivity index (χ3n) is 3.09. The summed E-state index contributed by atoms with van der Waals surface area (Å²) >= 11 is 1.55. The van der Waals surface area contributed by atoms with Crippen LogP contribution >= 0.6 is 11.3 Å². The highest BCUT2D eigenvalue weighted by atomic mass is 32.1. The van der Waals surface area contributed by atoms with E-state index in [4.69, 9.17) is 0 Å². The molecule has 0 aliphatic heterocycles. The summed E-state index contributed by atoms with van der Waals surface area (Å²) in [6.45, 7) is 1.99. The summed E-state index contributed by atoms with van der Waals surface area (Å²) in [6, 6.07) is 2.00. The van der Waals surface area contributed by atoms with Gasteiger partial charge in [-0.2, -0.15) is 0 Å². The van der Waals surface area contributed by atoms with Crippen LogP contribution in [0.15, 0.2) is 11.4 Å². The van der Waals surface area contributed by atoms with Crippen LogP contribution in [0.4, 0.5) is 0 Å². The second-order valence-corrected chi connectivity index (χ2v) is 5.03. The molecule has 2 atom stereocenters. The van der Waals surface area contributed by atoms with E-state index in [0.29, 0.717) is 12.8 Å². The van der Waals surface area contributed by atoms with Crippen molar-refractivity contribution in [2.75, 3.05) is 0 Å². The van der Waals surface area contributed by atoms with Crippen LogP contribution in [-0.2, 0) is 5.60 Å². The standard InChI is InChI=1S/C11H16O2S/c1-8-5-7-14-10(8)11(13)6-3-2-4-9(11)12/h5,7,9,12-13H,2-4,6H2,1H3/t9-,11+/m1/s1. The van der Waals surface area contributed by atoms with Crippen LogP contribution in [0.2, 0.25) is 0 Å². The minimum atomic E-state index is -0.976. The van der Waals surface area contributed by atoms with E-state index in [1.54, 1.807) is 11.3 Å². The first kappa shape index (κ1) is 10.1. The van der Waals surface area contributed by atoms with Gasteiger partial charge in [-0.1, -0.05) is 12.8 Å². The van der Waals surface area contributed by atoms with Crippen molar-refractivity contribution in [2.24, 2.45) is 0 Å². The number of aliphatic hydroxyl groups excluding tert-OH is 1. The van der Waals surface area contributed by atoms with Gasteiger partial charge in [-0.3, -0.25) is 0 Å². The summed E-state index contributed by atoms with van der Waals surface area (Å²) in [5.41, 5.74) is 0.120. The van der Waals surface area contributed by atoms with Gasteiger partial charge in [0, 0.05) is 4.88 Å². The van der Waals surface area contributed by atoms with Gasteiger partial charge < -0.3 is 10.2 Å². The number of rotatable bonds is 1. The van der Waals surface area contributed by atoms with Gasteiger partial charge in [-0.15, -0.1) is 11.3 Å². The summed E-state index contributed by atoms with van der Waals surface area (Å²) in [4.78, 5) is 0.949. The topological polar surface area (TPSA) is 40.5 Å². The Morgan fingerprint density at radius 3 is 2.86 bits per heavy atom. The Kier molecular flexibility index (Phi) is 2.64. The molecule has 1 aromatic heterocycles. The number of thiophene rings is 1. The molecular formula is C11H16O2S. The lowest BCUT2D eigenvalue weighted by Crippen LogP contribution is -2.41. The van der Waals surface area contributed by atoms with E-state index in [0.717, 1.165) is 23.3 Å². The van der Waals surface area contributed by atoms with E-state index in [1.165, 1.54) is 0 Å². The Bertz CT molecular complexity index is 321. The number of aryl methyl sites for hydroxylation is 1.